The number of benzene rings is 1. The van der Waals surface area contributed by atoms with Gasteiger partial charge < -0.3 is 14.9 Å². The Hall–Kier alpha value is -2.15. The molecule has 0 aliphatic rings. The van der Waals surface area contributed by atoms with Crippen LogP contribution in [-0.2, 0) is 16.1 Å². The van der Waals surface area contributed by atoms with Crippen LogP contribution in [0.2, 0.25) is 0 Å². The molecule has 1 aromatic carbocycles. The van der Waals surface area contributed by atoms with Crippen LogP contribution in [-0.4, -0.2) is 47.3 Å². The zero-order chi connectivity index (χ0) is 14.4. The van der Waals surface area contributed by atoms with Crippen LogP contribution in [0.15, 0.2) is 18.2 Å². The summed E-state index contributed by atoms with van der Waals surface area (Å²) < 4.78 is 18.2. The topological polar surface area (TPSA) is 87.1 Å². The summed E-state index contributed by atoms with van der Waals surface area (Å²) in [7, 11) is 1.40. The lowest BCUT2D eigenvalue weighted by molar-refractivity contribution is -0.142. The van der Waals surface area contributed by atoms with E-state index in [4.69, 9.17) is 14.9 Å². The molecule has 104 valence electrons. The van der Waals surface area contributed by atoms with Gasteiger partial charge in [0.2, 0.25) is 0 Å². The highest BCUT2D eigenvalue weighted by molar-refractivity contribution is 5.72. The number of hydrogen-bond donors (Lipinski definition) is 2. The SMILES string of the molecule is COc1ccc(F)cc1CN(CC(=O)O)CC(=O)O. The lowest BCUT2D eigenvalue weighted by atomic mass is 10.1. The second-order valence-corrected chi connectivity index (χ2v) is 3.89. The monoisotopic (exact) mass is 271 g/mol. The second kappa shape index (κ2) is 6.69. The van der Waals surface area contributed by atoms with Gasteiger partial charge in [-0.2, -0.15) is 0 Å². The largest absolute Gasteiger partial charge is 0.496 e. The van der Waals surface area contributed by atoms with Crippen molar-refractivity contribution >= 4 is 11.9 Å². The third-order valence-electron chi connectivity index (χ3n) is 2.35. The number of carbonyl (C=O) groups is 2. The number of halogens is 1. The highest BCUT2D eigenvalue weighted by atomic mass is 19.1. The van der Waals surface area contributed by atoms with Crippen molar-refractivity contribution in [3.8, 4) is 5.75 Å². The zero-order valence-corrected chi connectivity index (χ0v) is 10.3. The van der Waals surface area contributed by atoms with Gasteiger partial charge in [0, 0.05) is 12.1 Å². The fourth-order valence-electron chi connectivity index (χ4n) is 1.66. The van der Waals surface area contributed by atoms with Crippen LogP contribution in [0.25, 0.3) is 0 Å². The van der Waals surface area contributed by atoms with E-state index in [0.717, 1.165) is 0 Å². The summed E-state index contributed by atoms with van der Waals surface area (Å²) in [4.78, 5) is 22.5. The maximum absolute atomic E-state index is 13.2. The van der Waals surface area contributed by atoms with Gasteiger partial charge in [0.1, 0.15) is 11.6 Å². The van der Waals surface area contributed by atoms with E-state index in [0.29, 0.717) is 11.3 Å². The van der Waals surface area contributed by atoms with Crippen LogP contribution in [0.3, 0.4) is 0 Å². The third kappa shape index (κ3) is 4.92. The highest BCUT2D eigenvalue weighted by Crippen LogP contribution is 2.20. The number of rotatable bonds is 7. The van der Waals surface area contributed by atoms with Crippen molar-refractivity contribution in [2.24, 2.45) is 0 Å². The summed E-state index contributed by atoms with van der Waals surface area (Å²) in [6.45, 7) is -0.933. The van der Waals surface area contributed by atoms with Gasteiger partial charge in [-0.1, -0.05) is 0 Å². The lowest BCUT2D eigenvalue weighted by Crippen LogP contribution is -2.34. The third-order valence-corrected chi connectivity index (χ3v) is 2.35. The molecular weight excluding hydrogens is 257 g/mol. The fraction of sp³-hybridized carbons (Fsp3) is 0.333. The average molecular weight is 271 g/mol. The molecule has 6 nitrogen and oxygen atoms in total. The predicted octanol–water partition coefficient (Wildman–Crippen LogP) is 0.806. The highest BCUT2D eigenvalue weighted by Gasteiger charge is 2.16. The number of ether oxygens (including phenoxy) is 1. The molecule has 1 aromatic rings. The molecule has 0 bridgehead atoms. The summed E-state index contributed by atoms with van der Waals surface area (Å²) in [5.41, 5.74) is 0.394. The number of nitrogens with zero attached hydrogens (tertiary/aromatic N) is 1. The van der Waals surface area contributed by atoms with Crippen LogP contribution in [0, 0.1) is 5.82 Å². The zero-order valence-electron chi connectivity index (χ0n) is 10.3. The Morgan fingerprint density at radius 2 is 1.84 bits per heavy atom. The minimum absolute atomic E-state index is 0.0282. The molecule has 2 N–H and O–H groups in total. The van der Waals surface area contributed by atoms with Crippen molar-refractivity contribution in [3.05, 3.63) is 29.6 Å². The molecule has 0 aliphatic carbocycles. The molecule has 0 radical (unpaired) electrons. The van der Waals surface area contributed by atoms with E-state index in [9.17, 15) is 14.0 Å². The number of hydrogen-bond acceptors (Lipinski definition) is 4. The molecule has 19 heavy (non-hydrogen) atoms. The van der Waals surface area contributed by atoms with E-state index in [1.54, 1.807) is 0 Å². The Morgan fingerprint density at radius 3 is 2.32 bits per heavy atom. The first-order chi connectivity index (χ1) is 8.92. The van der Waals surface area contributed by atoms with Crippen LogP contribution in [0.4, 0.5) is 4.39 Å². The summed E-state index contributed by atoms with van der Waals surface area (Å²) in [6, 6.07) is 3.81. The van der Waals surface area contributed by atoms with Gasteiger partial charge in [0.05, 0.1) is 20.2 Å². The summed E-state index contributed by atoms with van der Waals surface area (Å²) >= 11 is 0. The standard InChI is InChI=1S/C12H14FNO5/c1-19-10-3-2-9(13)4-8(10)5-14(6-11(15)16)7-12(17)18/h2-4H,5-7H2,1H3,(H,15,16)(H,17,18). The molecule has 0 saturated carbocycles. The smallest absolute Gasteiger partial charge is 0.317 e. The van der Waals surface area contributed by atoms with Gasteiger partial charge in [0.15, 0.2) is 0 Å². The Kier molecular flexibility index (Phi) is 5.25. The van der Waals surface area contributed by atoms with Crippen molar-refractivity contribution in [2.45, 2.75) is 6.54 Å². The molecular formula is C12H14FNO5. The Bertz CT molecular complexity index is 461. The molecule has 7 heteroatoms. The van der Waals surface area contributed by atoms with E-state index in [1.165, 1.54) is 30.2 Å². The maximum Gasteiger partial charge on any atom is 0.317 e. The van der Waals surface area contributed by atoms with Crippen molar-refractivity contribution in [1.82, 2.24) is 4.90 Å². The van der Waals surface area contributed by atoms with Crippen molar-refractivity contribution in [2.75, 3.05) is 20.2 Å². The van der Waals surface area contributed by atoms with E-state index in [2.05, 4.69) is 0 Å². The Balaban J connectivity index is 2.90. The molecule has 1 rings (SSSR count). The van der Waals surface area contributed by atoms with Crippen LogP contribution in [0.1, 0.15) is 5.56 Å². The Labute approximate surface area is 109 Å². The molecule has 0 aromatic heterocycles. The summed E-state index contributed by atoms with van der Waals surface area (Å²) in [5, 5.41) is 17.4. The maximum atomic E-state index is 13.2. The quantitative estimate of drug-likeness (QED) is 0.763. The number of carboxylic acids is 2. The predicted molar refractivity (Wildman–Crippen MR) is 63.5 cm³/mol. The first kappa shape index (κ1) is 14.9. The van der Waals surface area contributed by atoms with E-state index < -0.39 is 30.8 Å². The van der Waals surface area contributed by atoms with Gasteiger partial charge in [0.25, 0.3) is 0 Å². The molecule has 0 fully saturated rings. The van der Waals surface area contributed by atoms with Gasteiger partial charge >= 0.3 is 11.9 Å². The van der Waals surface area contributed by atoms with Crippen LogP contribution >= 0.6 is 0 Å². The van der Waals surface area contributed by atoms with Crippen LogP contribution < -0.4 is 4.74 Å². The number of methoxy groups -OCH3 is 1. The fourth-order valence-corrected chi connectivity index (χ4v) is 1.66. The minimum Gasteiger partial charge on any atom is -0.496 e. The molecule has 0 unspecified atom stereocenters. The molecule has 0 heterocycles. The molecule has 0 atom stereocenters. The normalized spacial score (nSPS) is 10.5. The molecule has 0 amide bonds. The first-order valence-corrected chi connectivity index (χ1v) is 5.40. The number of carboxylic acid groups (broad SMARTS) is 2. The van der Waals surface area contributed by atoms with Crippen molar-refractivity contribution in [1.29, 1.82) is 0 Å². The van der Waals surface area contributed by atoms with Crippen LogP contribution in [0.5, 0.6) is 5.75 Å². The number of aliphatic carboxylic acids is 2. The average Bonchev–Trinajstić information content (AvgIpc) is 2.27. The van der Waals surface area contributed by atoms with Gasteiger partial charge in [-0.05, 0) is 18.2 Å². The van der Waals surface area contributed by atoms with E-state index in [-0.39, 0.29) is 6.54 Å². The van der Waals surface area contributed by atoms with Gasteiger partial charge in [-0.25, -0.2) is 4.39 Å². The Morgan fingerprint density at radius 1 is 1.26 bits per heavy atom. The molecule has 0 aliphatic heterocycles. The first-order valence-electron chi connectivity index (χ1n) is 5.40. The molecule has 0 saturated heterocycles. The lowest BCUT2D eigenvalue weighted by Gasteiger charge is -2.19. The summed E-state index contributed by atoms with van der Waals surface area (Å²) in [5.74, 6) is -2.43. The van der Waals surface area contributed by atoms with E-state index >= 15 is 0 Å². The van der Waals surface area contributed by atoms with Gasteiger partial charge in [-0.15, -0.1) is 0 Å². The molecule has 0 spiro atoms. The van der Waals surface area contributed by atoms with E-state index in [1.807, 2.05) is 0 Å². The van der Waals surface area contributed by atoms with Crippen molar-refractivity contribution in [3.63, 3.8) is 0 Å². The van der Waals surface area contributed by atoms with Gasteiger partial charge in [-0.3, -0.25) is 14.5 Å². The summed E-state index contributed by atoms with van der Waals surface area (Å²) in [6.07, 6.45) is 0. The van der Waals surface area contributed by atoms with Crippen molar-refractivity contribution < 1.29 is 28.9 Å². The second-order valence-electron chi connectivity index (χ2n) is 3.89. The minimum atomic E-state index is -1.16.